The molecule has 0 saturated carbocycles. The van der Waals surface area contributed by atoms with Crippen LogP contribution >= 0.6 is 0 Å². The topological polar surface area (TPSA) is 13.0 Å². The van der Waals surface area contributed by atoms with Gasteiger partial charge in [0.1, 0.15) is 0 Å². The van der Waals surface area contributed by atoms with Gasteiger partial charge >= 0.3 is 0 Å². The zero-order valence-electron chi connectivity index (χ0n) is 19.5. The second kappa shape index (κ2) is 8.29. The molecule has 0 fully saturated rings. The maximum atomic E-state index is 3.68. The average molecular weight is 630 g/mol. The molecule has 2 aliphatic heterocycles. The van der Waals surface area contributed by atoms with Crippen LogP contribution in [-0.2, 0) is 19.8 Å². The van der Waals surface area contributed by atoms with Crippen LogP contribution in [0.25, 0.3) is 21.5 Å². The first-order valence-electron chi connectivity index (χ1n) is 11.5. The van der Waals surface area contributed by atoms with Gasteiger partial charge in [-0.05, 0) is 59.9 Å². The summed E-state index contributed by atoms with van der Waals surface area (Å²) >= 11 is 0. The Morgan fingerprint density at radius 3 is 1.29 bits per heavy atom. The zero-order chi connectivity index (χ0) is 22.8. The van der Waals surface area contributed by atoms with Crippen molar-refractivity contribution in [3.8, 4) is 0 Å². The van der Waals surface area contributed by atoms with Gasteiger partial charge in [0, 0.05) is 42.5 Å². The SMILES string of the molecule is CN1[CH-]N(c2[c-]c(N3[CH-]N(C)c4cc5ccccc5cc43)ccc2)c2cc3ccccc3cc21.[Os]. The van der Waals surface area contributed by atoms with Gasteiger partial charge in [0.2, 0.25) is 0 Å². The number of rotatable bonds is 2. The molecule has 2 aliphatic rings. The average Bonchev–Trinajstić information content (AvgIpc) is 3.37. The molecule has 5 aromatic rings. The van der Waals surface area contributed by atoms with Gasteiger partial charge < -0.3 is 19.6 Å². The van der Waals surface area contributed by atoms with Gasteiger partial charge in [-0.2, -0.15) is 19.4 Å². The summed E-state index contributed by atoms with van der Waals surface area (Å²) in [5.74, 6) is 0. The summed E-state index contributed by atoms with van der Waals surface area (Å²) in [4.78, 5) is 8.82. The molecule has 0 amide bonds. The van der Waals surface area contributed by atoms with Crippen LogP contribution < -0.4 is 19.6 Å². The Hall–Kier alpha value is -3.54. The van der Waals surface area contributed by atoms with Crippen LogP contribution in [0.5, 0.6) is 0 Å². The van der Waals surface area contributed by atoms with Crippen molar-refractivity contribution < 1.29 is 19.8 Å². The molecule has 0 atom stereocenters. The molecule has 0 radical (unpaired) electrons. The van der Waals surface area contributed by atoms with E-state index >= 15 is 0 Å². The number of benzene rings is 5. The Morgan fingerprint density at radius 1 is 0.514 bits per heavy atom. The van der Waals surface area contributed by atoms with E-state index in [4.69, 9.17) is 0 Å². The maximum absolute atomic E-state index is 3.68. The summed E-state index contributed by atoms with van der Waals surface area (Å²) in [6.07, 6.45) is 0. The van der Waals surface area contributed by atoms with E-state index in [0.29, 0.717) is 0 Å². The third-order valence-electron chi connectivity index (χ3n) is 6.83. The second-order valence-electron chi connectivity index (χ2n) is 8.99. The molecule has 0 saturated heterocycles. The minimum Gasteiger partial charge on any atom is -0.504 e. The number of hydrogen-bond acceptors (Lipinski definition) is 4. The van der Waals surface area contributed by atoms with E-state index in [9.17, 15) is 0 Å². The van der Waals surface area contributed by atoms with Crippen molar-refractivity contribution in [1.82, 2.24) is 0 Å². The van der Waals surface area contributed by atoms with Gasteiger partial charge in [-0.15, -0.1) is 29.6 Å². The van der Waals surface area contributed by atoms with Crippen LogP contribution in [0.3, 0.4) is 0 Å². The normalized spacial score (nSPS) is 14.5. The van der Waals surface area contributed by atoms with Gasteiger partial charge in [0.15, 0.2) is 0 Å². The molecule has 0 aromatic heterocycles. The molecular formula is C30H23N4Os-3. The minimum absolute atomic E-state index is 0. The van der Waals surface area contributed by atoms with E-state index in [1.165, 1.54) is 44.3 Å². The van der Waals surface area contributed by atoms with E-state index in [-0.39, 0.29) is 19.8 Å². The molecular weight excluding hydrogens is 607 g/mol. The Balaban J connectivity index is 0.00000229. The molecule has 0 unspecified atom stereocenters. The first kappa shape index (κ1) is 22.0. The molecule has 2 heterocycles. The molecule has 7 rings (SSSR count). The quantitative estimate of drug-likeness (QED) is 0.192. The van der Waals surface area contributed by atoms with Gasteiger partial charge in [-0.1, -0.05) is 48.5 Å². The monoisotopic (exact) mass is 631 g/mol. The molecule has 0 spiro atoms. The largest absolute Gasteiger partial charge is 0.504 e. The predicted octanol–water partition coefficient (Wildman–Crippen LogP) is 7.21. The van der Waals surface area contributed by atoms with Gasteiger partial charge in [-0.25, -0.2) is 0 Å². The molecule has 0 aliphatic carbocycles. The first-order chi connectivity index (χ1) is 16.7. The molecule has 35 heavy (non-hydrogen) atoms. The van der Waals surface area contributed by atoms with Crippen molar-refractivity contribution >= 4 is 55.7 Å². The molecule has 0 N–H and O–H groups in total. The number of fused-ring (bicyclic) bond motifs is 4. The smallest absolute Gasteiger partial charge is 0.0332 e. The van der Waals surface area contributed by atoms with E-state index in [1.807, 2.05) is 0 Å². The third kappa shape index (κ3) is 3.46. The van der Waals surface area contributed by atoms with E-state index in [1.54, 1.807) is 0 Å². The number of nitrogens with zero attached hydrogens (tertiary/aromatic N) is 4. The first-order valence-corrected chi connectivity index (χ1v) is 11.5. The van der Waals surface area contributed by atoms with Crippen molar-refractivity contribution in [3.63, 3.8) is 0 Å². The molecule has 4 nitrogen and oxygen atoms in total. The molecule has 0 bridgehead atoms. The maximum Gasteiger partial charge on any atom is 0.0332 e. The van der Waals surface area contributed by atoms with Crippen LogP contribution in [0.4, 0.5) is 34.1 Å². The van der Waals surface area contributed by atoms with Crippen molar-refractivity contribution in [1.29, 1.82) is 0 Å². The van der Waals surface area contributed by atoms with Crippen LogP contribution in [0.15, 0.2) is 91.0 Å². The Bertz CT molecular complexity index is 1470. The summed E-state index contributed by atoms with van der Waals surface area (Å²) in [5.41, 5.74) is 6.77. The van der Waals surface area contributed by atoms with Crippen LogP contribution in [0, 0.1) is 19.4 Å². The molecule has 174 valence electrons. The van der Waals surface area contributed by atoms with Crippen molar-refractivity contribution in [2.24, 2.45) is 0 Å². The van der Waals surface area contributed by atoms with Gasteiger partial charge in [-0.3, -0.25) is 0 Å². The van der Waals surface area contributed by atoms with Crippen LogP contribution in [0.2, 0.25) is 0 Å². The Kier molecular flexibility index (Phi) is 5.20. The van der Waals surface area contributed by atoms with E-state index in [0.717, 1.165) is 11.4 Å². The van der Waals surface area contributed by atoms with Crippen molar-refractivity contribution in [2.45, 2.75) is 0 Å². The van der Waals surface area contributed by atoms with E-state index in [2.05, 4.69) is 144 Å². The second-order valence-corrected chi connectivity index (χ2v) is 8.99. The summed E-state index contributed by atoms with van der Waals surface area (Å²) in [6, 6.07) is 36.1. The predicted molar refractivity (Wildman–Crippen MR) is 143 cm³/mol. The third-order valence-corrected chi connectivity index (χ3v) is 6.83. The van der Waals surface area contributed by atoms with Crippen LogP contribution in [0.1, 0.15) is 0 Å². The standard InChI is InChI=1S/C30H23N4.Os/c1-31-19-33(29-16-23-10-5-3-8-21(23)14-27(29)31)25-12-7-13-26(18-25)34-20-32(2)28-15-22-9-4-6-11-24(22)17-30(28)34;/h3-17,19-20H,1-2H3;/q-3;. The fraction of sp³-hybridized carbons (Fsp3) is 0.0667. The van der Waals surface area contributed by atoms with Gasteiger partial charge in [0.05, 0.1) is 0 Å². The Labute approximate surface area is 219 Å². The molecule has 5 heteroatoms. The van der Waals surface area contributed by atoms with Crippen molar-refractivity contribution in [3.05, 3.63) is 110 Å². The zero-order valence-corrected chi connectivity index (χ0v) is 22.0. The number of anilines is 6. The Morgan fingerprint density at radius 2 is 0.886 bits per heavy atom. The van der Waals surface area contributed by atoms with E-state index < -0.39 is 0 Å². The summed E-state index contributed by atoms with van der Waals surface area (Å²) in [7, 11) is 4.20. The molecule has 5 aromatic carbocycles. The van der Waals surface area contributed by atoms with Crippen LogP contribution in [-0.4, -0.2) is 14.1 Å². The minimum atomic E-state index is 0. The number of hydrogen-bond donors (Lipinski definition) is 0. The summed E-state index contributed by atoms with van der Waals surface area (Å²) in [6.45, 7) is 4.28. The fourth-order valence-electron chi connectivity index (χ4n) is 5.09. The summed E-state index contributed by atoms with van der Waals surface area (Å²) < 4.78 is 0. The van der Waals surface area contributed by atoms with Gasteiger partial charge in [0.25, 0.3) is 0 Å². The van der Waals surface area contributed by atoms with Crippen molar-refractivity contribution in [2.75, 3.05) is 33.7 Å². The summed E-state index contributed by atoms with van der Waals surface area (Å²) in [5, 5.41) is 4.97. The fourth-order valence-corrected chi connectivity index (χ4v) is 5.09.